The van der Waals surface area contributed by atoms with E-state index in [9.17, 15) is 0 Å². The molecule has 0 amide bonds. The second-order valence-corrected chi connectivity index (χ2v) is 3.00. The monoisotopic (exact) mass is 220 g/mol. The average Bonchev–Trinajstić information content (AvgIpc) is 0.722. The number of hydrogen-bond donors (Lipinski definition) is 2. The fraction of sp³-hybridized carbons (Fsp3) is 0. The van der Waals surface area contributed by atoms with Crippen LogP contribution in [-0.2, 0) is 6.21 Å². The summed E-state index contributed by atoms with van der Waals surface area (Å²) in [6, 6.07) is 0. The summed E-state index contributed by atoms with van der Waals surface area (Å²) in [4.78, 5) is 0. The van der Waals surface area contributed by atoms with E-state index in [1.807, 2.05) is 0 Å². The van der Waals surface area contributed by atoms with Crippen LogP contribution in [0.3, 0.4) is 0 Å². The molecule has 0 spiro atoms. The third-order valence-electron chi connectivity index (χ3n) is 0. The average molecular weight is 218 g/mol. The fourth-order valence-corrected chi connectivity index (χ4v) is 0. The van der Waals surface area contributed by atoms with Gasteiger partial charge in [-0.15, -0.1) is 0 Å². The smallest absolute Gasteiger partial charge is 1.00 e. The predicted molar refractivity (Wildman–Crippen MR) is 12.7 cm³/mol. The first-order valence-electron chi connectivity index (χ1n) is 0.698. The van der Waals surface area contributed by atoms with Crippen molar-refractivity contribution in [2.45, 2.75) is 0 Å². The molecule has 0 aromatic carbocycles. The number of rotatable bonds is 0. The van der Waals surface area contributed by atoms with Crippen LogP contribution in [0.4, 0.5) is 0 Å². The molecule has 0 saturated carbocycles. The Morgan fingerprint density at radius 1 is 1.33 bits per heavy atom. The Morgan fingerprint density at radius 3 is 1.33 bits per heavy atom. The van der Waals surface area contributed by atoms with Crippen LogP contribution in [0, 0.1) is 0 Å². The van der Waals surface area contributed by atoms with Crippen molar-refractivity contribution in [3.63, 3.8) is 0 Å². The van der Waals surface area contributed by atoms with Crippen LogP contribution in [0.25, 0.3) is 0 Å². The van der Waals surface area contributed by atoms with E-state index in [4.69, 9.17) is 13.2 Å². The Labute approximate surface area is 62.6 Å². The summed E-state index contributed by atoms with van der Waals surface area (Å²) in [6.45, 7) is 0. The molecule has 0 saturated heterocycles. The minimum atomic E-state index is -5.52. The largest absolute Gasteiger partial charge is 1.00 e. The summed E-state index contributed by atoms with van der Waals surface area (Å²) in [5, 5.41) is 0. The molecule has 0 aromatic heterocycles. The van der Waals surface area contributed by atoms with Crippen LogP contribution in [0.15, 0.2) is 0 Å². The van der Waals surface area contributed by atoms with Gasteiger partial charge in [-0.05, 0) is 0 Å². The quantitative estimate of drug-likeness (QED) is 0.401. The van der Waals surface area contributed by atoms with Crippen LogP contribution in [0.2, 0.25) is 0 Å². The van der Waals surface area contributed by atoms with Gasteiger partial charge in [0.25, 0.3) is 0 Å². The van der Waals surface area contributed by atoms with Crippen LogP contribution in [-0.4, -0.2) is 25.9 Å². The molecule has 34 valence electrons. The van der Waals surface area contributed by atoms with Gasteiger partial charge in [0.15, 0.2) is 0 Å². The number of hydrogen-bond acceptors (Lipinski definition) is 2. The first-order chi connectivity index (χ1) is 2.00. The third-order valence-corrected chi connectivity index (χ3v) is 0. The molecule has 0 rings (SSSR count). The van der Waals surface area contributed by atoms with Crippen molar-refractivity contribution < 1.29 is 44.1 Å². The summed E-state index contributed by atoms with van der Waals surface area (Å²) >= 11 is -5.52. The van der Waals surface area contributed by atoms with E-state index in [0.717, 1.165) is 0 Å². The van der Waals surface area contributed by atoms with Gasteiger partial charge < -0.3 is 1.43 Å². The first kappa shape index (κ1) is 10.3. The van der Waals surface area contributed by atoms with Crippen molar-refractivity contribution in [1.29, 1.82) is 0 Å². The van der Waals surface area contributed by atoms with Crippen molar-refractivity contribution >= 4 is 19.0 Å². The van der Waals surface area contributed by atoms with Gasteiger partial charge in [-0.1, -0.05) is 0 Å². The van der Waals surface area contributed by atoms with Gasteiger partial charge in [-0.2, -0.15) is 0 Å². The molecule has 0 fully saturated rings. The van der Waals surface area contributed by atoms with E-state index in [2.05, 4.69) is 0 Å². The molecule has 0 atom stereocenters. The van der Waals surface area contributed by atoms with Gasteiger partial charge in [0.2, 0.25) is 0 Å². The van der Waals surface area contributed by atoms with Gasteiger partial charge in [-0.3, -0.25) is 0 Å². The molecule has 0 aliphatic carbocycles. The van der Waals surface area contributed by atoms with Crippen molar-refractivity contribution in [3.8, 4) is 0 Å². The van der Waals surface area contributed by atoms with Gasteiger partial charge in [0, 0.05) is 0 Å². The van der Waals surface area contributed by atoms with Crippen LogP contribution >= 0.6 is 0 Å². The molecule has 0 bridgehead atoms. The molecular formula is H3NaO4Te. The van der Waals surface area contributed by atoms with E-state index in [1.54, 1.807) is 0 Å². The predicted octanol–water partition coefficient (Wildman–Crippen LogP) is -4.62. The van der Waals surface area contributed by atoms with Gasteiger partial charge in [-0.25, -0.2) is 0 Å². The normalized spacial score (nSPS) is 9.67. The van der Waals surface area contributed by atoms with Crippen LogP contribution in [0.1, 0.15) is 1.43 Å². The molecule has 4 nitrogen and oxygen atoms in total. The van der Waals surface area contributed by atoms with Crippen molar-refractivity contribution in [3.05, 3.63) is 0 Å². The summed E-state index contributed by atoms with van der Waals surface area (Å²) in [5.74, 6) is 0. The molecule has 0 aromatic rings. The van der Waals surface area contributed by atoms with Gasteiger partial charge in [0.05, 0.1) is 0 Å². The minimum absolute atomic E-state index is 0. The van der Waals surface area contributed by atoms with E-state index in [0.29, 0.717) is 0 Å². The molecule has 2 N–H and O–H groups in total. The maximum absolute atomic E-state index is 8.85. The molecule has 0 radical (unpaired) electrons. The summed E-state index contributed by atoms with van der Waals surface area (Å²) < 4.78 is 32.0. The maximum atomic E-state index is 8.85. The summed E-state index contributed by atoms with van der Waals surface area (Å²) in [7, 11) is 0. The topological polar surface area (TPSA) is 74.6 Å². The molecule has 6 heavy (non-hydrogen) atoms. The standard InChI is InChI=1S/Na.H2O4Te.H/c;1-5(2,3)4;/h;(H2,1,2,3,4);/q+1;;-1. The van der Waals surface area contributed by atoms with Crippen molar-refractivity contribution in [2.75, 3.05) is 0 Å². The van der Waals surface area contributed by atoms with Crippen LogP contribution < -0.4 is 29.6 Å². The fourth-order valence-electron chi connectivity index (χ4n) is 0. The van der Waals surface area contributed by atoms with Gasteiger partial charge in [0.1, 0.15) is 0 Å². The third kappa shape index (κ3) is 57.5. The van der Waals surface area contributed by atoms with E-state index in [1.165, 1.54) is 0 Å². The SMILES string of the molecule is O=[Te](=O)(O)O.[H-].[Na+]. The Balaban J connectivity index is -0.0000000800. The molecular weight excluding hydrogens is 215 g/mol. The Morgan fingerprint density at radius 2 is 1.33 bits per heavy atom. The zero-order valence-electron chi connectivity index (χ0n) is 4.12. The van der Waals surface area contributed by atoms with Gasteiger partial charge >= 0.3 is 61.7 Å². The van der Waals surface area contributed by atoms with E-state index < -0.39 is 19.0 Å². The molecule has 6 heteroatoms. The second-order valence-electron chi connectivity index (χ2n) is 0.448. The van der Waals surface area contributed by atoms with E-state index >= 15 is 0 Å². The molecule has 0 unspecified atom stereocenters. The van der Waals surface area contributed by atoms with Crippen molar-refractivity contribution in [1.82, 2.24) is 0 Å². The Kier molecular flexibility index (Phi) is 5.73. The Hall–Kier alpha value is 1.31. The molecule has 0 heterocycles. The van der Waals surface area contributed by atoms with Crippen molar-refractivity contribution in [2.24, 2.45) is 0 Å². The van der Waals surface area contributed by atoms with Crippen LogP contribution in [0.5, 0.6) is 0 Å². The minimum Gasteiger partial charge on any atom is -1.00 e. The second kappa shape index (κ2) is 3.33. The zero-order valence-corrected chi connectivity index (χ0v) is 7.45. The van der Waals surface area contributed by atoms with E-state index in [-0.39, 0.29) is 31.0 Å². The zero-order chi connectivity index (χ0) is 4.50. The summed E-state index contributed by atoms with van der Waals surface area (Å²) in [6.07, 6.45) is 0. The maximum Gasteiger partial charge on any atom is 1.00 e. The molecule has 0 aliphatic rings. The first-order valence-corrected chi connectivity index (χ1v) is 4.69. The Bertz CT molecular complexity index is 94.9. The molecule has 0 aliphatic heterocycles. The summed E-state index contributed by atoms with van der Waals surface area (Å²) in [5.41, 5.74) is 0.